The standard InChI is InChI=1S/C19H14F5N3O/c1-10-2-3-11(7-20)6-16(10)25-19-26-18(28)15(23)9-27(19)8-12-4-13(21)17(24)14(22)5-12/h2-6,9H,7-8H2,1H3,(H,25,26,28). The SMILES string of the molecule is Cc1ccc(CF)cc1Nc1nc(=O)c(F)cn1Cc1cc(F)c(F)c(F)c1. The van der Waals surface area contributed by atoms with Gasteiger partial charge in [-0.15, -0.1) is 0 Å². The van der Waals surface area contributed by atoms with E-state index in [1.807, 2.05) is 0 Å². The van der Waals surface area contributed by atoms with Crippen LogP contribution in [0.4, 0.5) is 33.6 Å². The third kappa shape index (κ3) is 4.03. The first kappa shape index (κ1) is 19.5. The molecule has 0 saturated heterocycles. The highest BCUT2D eigenvalue weighted by molar-refractivity contribution is 5.59. The van der Waals surface area contributed by atoms with Crippen LogP contribution in [-0.2, 0) is 13.2 Å². The van der Waals surface area contributed by atoms with E-state index in [0.717, 1.165) is 22.9 Å². The average molecular weight is 395 g/mol. The van der Waals surface area contributed by atoms with Crippen molar-refractivity contribution >= 4 is 11.6 Å². The third-order valence-electron chi connectivity index (χ3n) is 4.05. The van der Waals surface area contributed by atoms with Crippen LogP contribution in [0.5, 0.6) is 0 Å². The zero-order chi connectivity index (χ0) is 20.4. The lowest BCUT2D eigenvalue weighted by Crippen LogP contribution is -2.20. The Morgan fingerprint density at radius 2 is 1.68 bits per heavy atom. The molecule has 4 nitrogen and oxygen atoms in total. The molecule has 0 fully saturated rings. The summed E-state index contributed by atoms with van der Waals surface area (Å²) in [7, 11) is 0. The zero-order valence-electron chi connectivity index (χ0n) is 14.6. The van der Waals surface area contributed by atoms with Gasteiger partial charge in [0.05, 0.1) is 6.54 Å². The van der Waals surface area contributed by atoms with Gasteiger partial charge in [-0.05, 0) is 41.8 Å². The highest BCUT2D eigenvalue weighted by Gasteiger charge is 2.14. The predicted octanol–water partition coefficient (Wildman–Crippen LogP) is 4.37. The Hall–Kier alpha value is -3.23. The van der Waals surface area contributed by atoms with Gasteiger partial charge < -0.3 is 9.88 Å². The second kappa shape index (κ2) is 7.79. The molecule has 28 heavy (non-hydrogen) atoms. The highest BCUT2D eigenvalue weighted by atomic mass is 19.2. The lowest BCUT2D eigenvalue weighted by atomic mass is 10.1. The number of alkyl halides is 1. The summed E-state index contributed by atoms with van der Waals surface area (Å²) in [5.41, 5.74) is 0.319. The van der Waals surface area contributed by atoms with E-state index in [9.17, 15) is 26.7 Å². The summed E-state index contributed by atoms with van der Waals surface area (Å²) in [4.78, 5) is 15.2. The maximum Gasteiger partial charge on any atom is 0.310 e. The number of nitrogens with zero attached hydrogens (tertiary/aromatic N) is 2. The van der Waals surface area contributed by atoms with Crippen LogP contribution < -0.4 is 10.9 Å². The van der Waals surface area contributed by atoms with Gasteiger partial charge in [0.15, 0.2) is 17.5 Å². The molecule has 1 heterocycles. The quantitative estimate of drug-likeness (QED) is 0.516. The molecular formula is C19H14F5N3O. The maximum atomic E-state index is 13.7. The van der Waals surface area contributed by atoms with Crippen molar-refractivity contribution in [2.75, 3.05) is 5.32 Å². The minimum Gasteiger partial charge on any atom is -0.325 e. The second-order valence-corrected chi connectivity index (χ2v) is 6.13. The first-order chi connectivity index (χ1) is 13.3. The van der Waals surface area contributed by atoms with Crippen molar-refractivity contribution in [3.05, 3.63) is 86.8 Å². The number of benzene rings is 2. The summed E-state index contributed by atoms with van der Waals surface area (Å²) in [6.07, 6.45) is 0.811. The average Bonchev–Trinajstić information content (AvgIpc) is 2.65. The minimum atomic E-state index is -1.62. The van der Waals surface area contributed by atoms with E-state index in [1.165, 1.54) is 6.07 Å². The molecule has 0 unspecified atom stereocenters. The van der Waals surface area contributed by atoms with Gasteiger partial charge in [-0.25, -0.2) is 17.6 Å². The monoisotopic (exact) mass is 395 g/mol. The van der Waals surface area contributed by atoms with Gasteiger partial charge in [-0.1, -0.05) is 12.1 Å². The van der Waals surface area contributed by atoms with Crippen molar-refractivity contribution in [1.82, 2.24) is 9.55 Å². The molecule has 3 aromatic rings. The summed E-state index contributed by atoms with van der Waals surface area (Å²) in [6, 6.07) is 6.23. The molecule has 0 radical (unpaired) electrons. The number of rotatable bonds is 5. The summed E-state index contributed by atoms with van der Waals surface area (Å²) >= 11 is 0. The van der Waals surface area contributed by atoms with Gasteiger partial charge in [0.1, 0.15) is 6.67 Å². The largest absolute Gasteiger partial charge is 0.325 e. The molecule has 0 aliphatic carbocycles. The van der Waals surface area contributed by atoms with Crippen LogP contribution in [0.1, 0.15) is 16.7 Å². The van der Waals surface area contributed by atoms with Crippen LogP contribution in [0.2, 0.25) is 0 Å². The van der Waals surface area contributed by atoms with Gasteiger partial charge >= 0.3 is 5.56 Å². The van der Waals surface area contributed by atoms with Crippen LogP contribution in [0, 0.1) is 30.2 Å². The second-order valence-electron chi connectivity index (χ2n) is 6.13. The van der Waals surface area contributed by atoms with E-state index in [2.05, 4.69) is 10.3 Å². The normalized spacial score (nSPS) is 10.9. The maximum absolute atomic E-state index is 13.7. The number of hydrogen-bond acceptors (Lipinski definition) is 3. The van der Waals surface area contributed by atoms with Crippen LogP contribution in [-0.4, -0.2) is 9.55 Å². The van der Waals surface area contributed by atoms with Crippen LogP contribution >= 0.6 is 0 Å². The lowest BCUT2D eigenvalue weighted by molar-refractivity contribution is 0.444. The number of nitrogens with one attached hydrogen (secondary N) is 1. The van der Waals surface area contributed by atoms with Gasteiger partial charge in [-0.3, -0.25) is 4.79 Å². The van der Waals surface area contributed by atoms with E-state index in [1.54, 1.807) is 19.1 Å². The molecule has 1 N–H and O–H groups in total. The third-order valence-corrected chi connectivity index (χ3v) is 4.05. The molecule has 2 aromatic carbocycles. The summed E-state index contributed by atoms with van der Waals surface area (Å²) in [5.74, 6) is -5.72. The van der Waals surface area contributed by atoms with Gasteiger partial charge in [0.25, 0.3) is 0 Å². The predicted molar refractivity (Wildman–Crippen MR) is 93.1 cm³/mol. The van der Waals surface area contributed by atoms with Crippen molar-refractivity contribution in [3.63, 3.8) is 0 Å². The molecule has 1 aromatic heterocycles. The minimum absolute atomic E-state index is 0.0153. The Morgan fingerprint density at radius 1 is 1.00 bits per heavy atom. The lowest BCUT2D eigenvalue weighted by Gasteiger charge is -2.16. The molecule has 0 spiro atoms. The molecule has 0 saturated carbocycles. The van der Waals surface area contributed by atoms with Crippen LogP contribution in [0.25, 0.3) is 0 Å². The van der Waals surface area contributed by atoms with Crippen molar-refractivity contribution < 1.29 is 22.0 Å². The number of anilines is 2. The van der Waals surface area contributed by atoms with Gasteiger partial charge in [-0.2, -0.15) is 9.37 Å². The highest BCUT2D eigenvalue weighted by Crippen LogP contribution is 2.22. The Balaban J connectivity index is 2.03. The summed E-state index contributed by atoms with van der Waals surface area (Å²) in [6.45, 7) is 0.705. The smallest absolute Gasteiger partial charge is 0.310 e. The summed E-state index contributed by atoms with van der Waals surface area (Å²) in [5, 5.41) is 2.80. The molecule has 0 aliphatic rings. The number of hydrogen-bond donors (Lipinski definition) is 1. The topological polar surface area (TPSA) is 46.9 Å². The van der Waals surface area contributed by atoms with Gasteiger partial charge in [0.2, 0.25) is 11.8 Å². The number of aryl methyl sites for hydroxylation is 1. The first-order valence-electron chi connectivity index (χ1n) is 8.11. The zero-order valence-corrected chi connectivity index (χ0v) is 14.6. The molecule has 0 aliphatic heterocycles. The fraction of sp³-hybridized carbons (Fsp3) is 0.158. The summed E-state index contributed by atoms with van der Waals surface area (Å²) < 4.78 is 67.8. The number of aromatic nitrogens is 2. The van der Waals surface area contributed by atoms with Crippen LogP contribution in [0.15, 0.2) is 41.3 Å². The van der Waals surface area contributed by atoms with E-state index < -0.39 is 35.5 Å². The van der Waals surface area contributed by atoms with Crippen molar-refractivity contribution in [1.29, 1.82) is 0 Å². The van der Waals surface area contributed by atoms with E-state index in [0.29, 0.717) is 16.8 Å². The molecule has 146 valence electrons. The Kier molecular flexibility index (Phi) is 5.43. The number of halogens is 5. The van der Waals surface area contributed by atoms with Crippen LogP contribution in [0.3, 0.4) is 0 Å². The molecule has 0 bridgehead atoms. The first-order valence-corrected chi connectivity index (χ1v) is 8.11. The molecule has 0 atom stereocenters. The van der Waals surface area contributed by atoms with E-state index in [4.69, 9.17) is 0 Å². The Morgan fingerprint density at radius 3 is 2.32 bits per heavy atom. The van der Waals surface area contributed by atoms with Crippen molar-refractivity contribution in [2.24, 2.45) is 0 Å². The van der Waals surface area contributed by atoms with E-state index >= 15 is 0 Å². The fourth-order valence-electron chi connectivity index (χ4n) is 2.59. The Labute approximate surface area is 156 Å². The van der Waals surface area contributed by atoms with E-state index in [-0.39, 0.29) is 18.1 Å². The Bertz CT molecular complexity index is 1070. The van der Waals surface area contributed by atoms with Gasteiger partial charge in [0, 0.05) is 11.9 Å². The van der Waals surface area contributed by atoms with Crippen molar-refractivity contribution in [2.45, 2.75) is 20.1 Å². The van der Waals surface area contributed by atoms with Crippen molar-refractivity contribution in [3.8, 4) is 0 Å². The molecule has 3 rings (SSSR count). The fourth-order valence-corrected chi connectivity index (χ4v) is 2.59. The molecule has 0 amide bonds. The molecule has 9 heteroatoms. The molecular weight excluding hydrogens is 381 g/mol.